The lowest BCUT2D eigenvalue weighted by atomic mass is 10.2. The zero-order valence-electron chi connectivity index (χ0n) is 8.82. The highest BCUT2D eigenvalue weighted by Crippen LogP contribution is 2.32. The van der Waals surface area contributed by atoms with E-state index < -0.39 is 0 Å². The molecule has 1 atom stereocenters. The molecule has 5 heteroatoms. The molecule has 84 valence electrons. The van der Waals surface area contributed by atoms with Gasteiger partial charge in [-0.3, -0.25) is 14.9 Å². The Balaban J connectivity index is 2.15. The fourth-order valence-electron chi connectivity index (χ4n) is 1.55. The number of hydrogen-bond donors (Lipinski definition) is 2. The second kappa shape index (κ2) is 4.17. The summed E-state index contributed by atoms with van der Waals surface area (Å²) in [6.45, 7) is 1.95. The van der Waals surface area contributed by atoms with Crippen molar-refractivity contribution in [1.29, 1.82) is 0 Å². The van der Waals surface area contributed by atoms with Gasteiger partial charge in [0.25, 0.3) is 0 Å². The van der Waals surface area contributed by atoms with Crippen molar-refractivity contribution in [3.05, 3.63) is 23.8 Å². The Bertz CT molecular complexity index is 459. The van der Waals surface area contributed by atoms with Gasteiger partial charge in [-0.25, -0.2) is 0 Å². The Labute approximate surface area is 97.6 Å². The minimum absolute atomic E-state index is 0.215. The molecule has 1 aromatic rings. The van der Waals surface area contributed by atoms with Gasteiger partial charge in [0.2, 0.25) is 11.8 Å². The van der Waals surface area contributed by atoms with Crippen molar-refractivity contribution in [3.8, 4) is 0 Å². The van der Waals surface area contributed by atoms with Gasteiger partial charge in [-0.05, 0) is 24.6 Å². The quantitative estimate of drug-likeness (QED) is 0.595. The molecule has 0 spiro atoms. The molecule has 16 heavy (non-hydrogen) atoms. The molecule has 4 nitrogen and oxygen atoms in total. The molecule has 2 amide bonds. The SMILES string of the molecule is Cc1ccc(SC2CC(=O)NC2=O)c(N)c1. The van der Waals surface area contributed by atoms with Crippen LogP contribution >= 0.6 is 11.8 Å². The summed E-state index contributed by atoms with van der Waals surface area (Å²) in [4.78, 5) is 23.2. The van der Waals surface area contributed by atoms with E-state index >= 15 is 0 Å². The van der Waals surface area contributed by atoms with Crippen LogP contribution in [-0.4, -0.2) is 17.1 Å². The van der Waals surface area contributed by atoms with Crippen molar-refractivity contribution in [1.82, 2.24) is 5.32 Å². The van der Waals surface area contributed by atoms with Gasteiger partial charge in [0.15, 0.2) is 0 Å². The van der Waals surface area contributed by atoms with Crippen LogP contribution < -0.4 is 11.1 Å². The smallest absolute Gasteiger partial charge is 0.240 e. The Morgan fingerprint density at radius 3 is 2.75 bits per heavy atom. The van der Waals surface area contributed by atoms with Crippen LogP contribution in [0.25, 0.3) is 0 Å². The van der Waals surface area contributed by atoms with E-state index in [4.69, 9.17) is 5.73 Å². The van der Waals surface area contributed by atoms with E-state index in [-0.39, 0.29) is 23.5 Å². The number of nitrogens with two attached hydrogens (primary N) is 1. The number of carbonyl (C=O) groups is 2. The maximum Gasteiger partial charge on any atom is 0.240 e. The summed E-state index contributed by atoms with van der Waals surface area (Å²) in [6, 6.07) is 5.68. The zero-order chi connectivity index (χ0) is 11.7. The van der Waals surface area contributed by atoms with Gasteiger partial charge in [0.1, 0.15) is 0 Å². The highest BCUT2D eigenvalue weighted by atomic mass is 32.2. The number of nitrogens with one attached hydrogen (secondary N) is 1. The van der Waals surface area contributed by atoms with Crippen LogP contribution in [0.4, 0.5) is 5.69 Å². The first kappa shape index (κ1) is 11.0. The molecule has 1 saturated heterocycles. The van der Waals surface area contributed by atoms with E-state index in [1.54, 1.807) is 0 Å². The summed E-state index contributed by atoms with van der Waals surface area (Å²) >= 11 is 1.34. The van der Waals surface area contributed by atoms with Crippen molar-refractivity contribution in [2.75, 3.05) is 5.73 Å². The molecular weight excluding hydrogens is 224 g/mol. The third-order valence-electron chi connectivity index (χ3n) is 2.36. The molecule has 0 radical (unpaired) electrons. The van der Waals surface area contributed by atoms with E-state index in [1.807, 2.05) is 25.1 Å². The summed E-state index contributed by atoms with van der Waals surface area (Å²) < 4.78 is 0. The predicted molar refractivity (Wildman–Crippen MR) is 63.0 cm³/mol. The standard InChI is InChI=1S/C11H12N2O2S/c1-6-2-3-8(7(12)4-6)16-9-5-10(14)13-11(9)15/h2-4,9H,5,12H2,1H3,(H,13,14,15). The summed E-state index contributed by atoms with van der Waals surface area (Å²) in [5, 5.41) is 1.93. The third kappa shape index (κ3) is 2.19. The van der Waals surface area contributed by atoms with Crippen LogP contribution in [0.15, 0.2) is 23.1 Å². The van der Waals surface area contributed by atoms with Crippen molar-refractivity contribution < 1.29 is 9.59 Å². The fourth-order valence-corrected chi connectivity index (χ4v) is 2.60. The molecule has 0 aliphatic carbocycles. The Hall–Kier alpha value is -1.49. The number of anilines is 1. The number of aryl methyl sites for hydroxylation is 1. The number of amides is 2. The second-order valence-corrected chi connectivity index (χ2v) is 5.01. The van der Waals surface area contributed by atoms with E-state index in [0.29, 0.717) is 5.69 Å². The minimum Gasteiger partial charge on any atom is -0.398 e. The molecule has 2 rings (SSSR count). The van der Waals surface area contributed by atoms with E-state index in [2.05, 4.69) is 5.32 Å². The monoisotopic (exact) mass is 236 g/mol. The van der Waals surface area contributed by atoms with E-state index in [0.717, 1.165) is 10.5 Å². The summed E-state index contributed by atoms with van der Waals surface area (Å²) in [5.74, 6) is -0.442. The number of carbonyl (C=O) groups excluding carboxylic acids is 2. The number of nitrogen functional groups attached to an aromatic ring is 1. The molecular formula is C11H12N2O2S. The Kier molecular flexibility index (Phi) is 2.87. The molecule has 0 bridgehead atoms. The van der Waals surface area contributed by atoms with Crippen LogP contribution in [0.1, 0.15) is 12.0 Å². The first-order chi connectivity index (χ1) is 7.56. The lowest BCUT2D eigenvalue weighted by Crippen LogP contribution is -2.23. The molecule has 1 fully saturated rings. The lowest BCUT2D eigenvalue weighted by Gasteiger charge is -2.09. The van der Waals surface area contributed by atoms with Gasteiger partial charge in [-0.15, -0.1) is 11.8 Å². The van der Waals surface area contributed by atoms with Crippen LogP contribution in [0, 0.1) is 6.92 Å². The van der Waals surface area contributed by atoms with Crippen molar-refractivity contribution >= 4 is 29.3 Å². The van der Waals surface area contributed by atoms with Crippen molar-refractivity contribution in [2.45, 2.75) is 23.5 Å². The van der Waals surface area contributed by atoms with Gasteiger partial charge in [0.05, 0.1) is 5.25 Å². The van der Waals surface area contributed by atoms with Gasteiger partial charge in [-0.2, -0.15) is 0 Å². The molecule has 3 N–H and O–H groups in total. The van der Waals surface area contributed by atoms with Gasteiger partial charge in [0, 0.05) is 17.0 Å². The number of hydrogen-bond acceptors (Lipinski definition) is 4. The molecule has 1 aliphatic rings. The zero-order valence-corrected chi connectivity index (χ0v) is 9.64. The normalized spacial score (nSPS) is 19.9. The van der Waals surface area contributed by atoms with Crippen LogP contribution in [0.2, 0.25) is 0 Å². The Morgan fingerprint density at radius 2 is 2.19 bits per heavy atom. The number of rotatable bonds is 2. The highest BCUT2D eigenvalue weighted by Gasteiger charge is 2.31. The molecule has 1 aromatic carbocycles. The van der Waals surface area contributed by atoms with Crippen molar-refractivity contribution in [3.63, 3.8) is 0 Å². The molecule has 1 heterocycles. The highest BCUT2D eigenvalue weighted by molar-refractivity contribution is 8.00. The molecule has 0 saturated carbocycles. The summed E-state index contributed by atoms with van der Waals surface area (Å²) in [7, 11) is 0. The predicted octanol–water partition coefficient (Wildman–Crippen LogP) is 1.08. The first-order valence-corrected chi connectivity index (χ1v) is 5.80. The average molecular weight is 236 g/mol. The van der Waals surface area contributed by atoms with Crippen LogP contribution in [-0.2, 0) is 9.59 Å². The molecule has 0 aromatic heterocycles. The topological polar surface area (TPSA) is 72.2 Å². The van der Waals surface area contributed by atoms with Crippen molar-refractivity contribution in [2.24, 2.45) is 0 Å². The Morgan fingerprint density at radius 1 is 1.44 bits per heavy atom. The van der Waals surface area contributed by atoms with Gasteiger partial charge >= 0.3 is 0 Å². The first-order valence-electron chi connectivity index (χ1n) is 4.93. The average Bonchev–Trinajstić information content (AvgIpc) is 2.50. The summed E-state index contributed by atoms with van der Waals surface area (Å²) in [6.07, 6.45) is 0.233. The second-order valence-electron chi connectivity index (χ2n) is 3.76. The number of benzene rings is 1. The summed E-state index contributed by atoms with van der Waals surface area (Å²) in [5.41, 5.74) is 7.57. The lowest BCUT2D eigenvalue weighted by molar-refractivity contribution is -0.124. The maximum atomic E-state index is 11.4. The molecule has 1 aliphatic heterocycles. The van der Waals surface area contributed by atoms with Gasteiger partial charge in [-0.1, -0.05) is 6.07 Å². The van der Waals surface area contributed by atoms with E-state index in [9.17, 15) is 9.59 Å². The van der Waals surface area contributed by atoms with Crippen LogP contribution in [0.3, 0.4) is 0 Å². The third-order valence-corrected chi connectivity index (χ3v) is 3.65. The largest absolute Gasteiger partial charge is 0.398 e. The van der Waals surface area contributed by atoms with Crippen LogP contribution in [0.5, 0.6) is 0 Å². The minimum atomic E-state index is -0.350. The fraction of sp³-hybridized carbons (Fsp3) is 0.273. The number of thioether (sulfide) groups is 1. The maximum absolute atomic E-state index is 11.4. The molecule has 1 unspecified atom stereocenters. The van der Waals surface area contributed by atoms with Gasteiger partial charge < -0.3 is 5.73 Å². The van der Waals surface area contributed by atoms with E-state index in [1.165, 1.54) is 11.8 Å². The number of imide groups is 1.